The molecular formula is C22H25Cl2NO6. The van der Waals surface area contributed by atoms with Crippen LogP contribution in [0, 0.1) is 0 Å². The topological polar surface area (TPSA) is 94.1 Å². The van der Waals surface area contributed by atoms with Crippen LogP contribution in [0.2, 0.25) is 10.0 Å². The molecule has 0 saturated heterocycles. The van der Waals surface area contributed by atoms with Crippen LogP contribution in [0.5, 0.6) is 11.5 Å². The number of nitrogens with one attached hydrogen (secondary N) is 1. The van der Waals surface area contributed by atoms with Crippen LogP contribution in [-0.4, -0.2) is 35.9 Å². The first-order valence-corrected chi connectivity index (χ1v) is 10.2. The summed E-state index contributed by atoms with van der Waals surface area (Å²) in [4.78, 5) is 23.6. The molecule has 1 atom stereocenters. The third-order valence-electron chi connectivity index (χ3n) is 4.09. The maximum atomic E-state index is 12.0. The molecule has 9 heteroatoms. The van der Waals surface area contributed by atoms with Gasteiger partial charge in [0.2, 0.25) is 0 Å². The summed E-state index contributed by atoms with van der Waals surface area (Å²) >= 11 is 12.3. The van der Waals surface area contributed by atoms with Crippen molar-refractivity contribution in [2.75, 3.05) is 7.11 Å². The van der Waals surface area contributed by atoms with Gasteiger partial charge in [-0.3, -0.25) is 0 Å². The SMILES string of the molecule is COc1cc(C[C@H](NC(=O)OC(C)(C)C)C(=O)O)ccc1OCc1c(Cl)cccc1Cl. The summed E-state index contributed by atoms with van der Waals surface area (Å²) in [5.74, 6) is -0.338. The molecule has 168 valence electrons. The molecular weight excluding hydrogens is 445 g/mol. The standard InChI is InChI=1S/C22H25Cl2NO6/c1-22(2,3)31-21(28)25-17(20(26)27)10-13-8-9-18(19(11-13)29-4)30-12-14-15(23)6-5-7-16(14)24/h5-9,11,17H,10,12H2,1-4H3,(H,25,28)(H,26,27)/t17-/m0/s1. The Morgan fingerprint density at radius 2 is 1.74 bits per heavy atom. The zero-order chi connectivity index (χ0) is 23.2. The smallest absolute Gasteiger partial charge is 0.408 e. The van der Waals surface area contributed by atoms with Crippen LogP contribution < -0.4 is 14.8 Å². The fraction of sp³-hybridized carbons (Fsp3) is 0.364. The van der Waals surface area contributed by atoms with Crippen LogP contribution in [0.25, 0.3) is 0 Å². The molecule has 31 heavy (non-hydrogen) atoms. The van der Waals surface area contributed by atoms with Crippen molar-refractivity contribution in [1.82, 2.24) is 5.32 Å². The number of hydrogen-bond acceptors (Lipinski definition) is 5. The second-order valence-electron chi connectivity index (χ2n) is 7.72. The largest absolute Gasteiger partial charge is 0.493 e. The zero-order valence-electron chi connectivity index (χ0n) is 17.7. The molecule has 2 rings (SSSR count). The lowest BCUT2D eigenvalue weighted by Crippen LogP contribution is -2.44. The Kier molecular flexibility index (Phi) is 8.42. The summed E-state index contributed by atoms with van der Waals surface area (Å²) in [6.45, 7) is 5.22. The Balaban J connectivity index is 2.12. The lowest BCUT2D eigenvalue weighted by atomic mass is 10.1. The quantitative estimate of drug-likeness (QED) is 0.558. The number of methoxy groups -OCH3 is 1. The van der Waals surface area contributed by atoms with Crippen molar-refractivity contribution in [2.24, 2.45) is 0 Å². The number of carboxylic acid groups (broad SMARTS) is 1. The van der Waals surface area contributed by atoms with E-state index >= 15 is 0 Å². The monoisotopic (exact) mass is 469 g/mol. The molecule has 7 nitrogen and oxygen atoms in total. The Morgan fingerprint density at radius 1 is 1.10 bits per heavy atom. The van der Waals surface area contributed by atoms with E-state index in [4.69, 9.17) is 37.4 Å². The van der Waals surface area contributed by atoms with E-state index in [1.54, 1.807) is 57.2 Å². The van der Waals surface area contributed by atoms with Crippen molar-refractivity contribution in [3.8, 4) is 11.5 Å². The van der Waals surface area contributed by atoms with Crippen LogP contribution in [0.1, 0.15) is 31.9 Å². The van der Waals surface area contributed by atoms with E-state index in [-0.39, 0.29) is 13.0 Å². The molecule has 0 heterocycles. The number of amides is 1. The molecule has 2 aromatic carbocycles. The van der Waals surface area contributed by atoms with Gasteiger partial charge in [-0.25, -0.2) is 9.59 Å². The van der Waals surface area contributed by atoms with E-state index < -0.39 is 23.7 Å². The second kappa shape index (κ2) is 10.6. The predicted octanol–water partition coefficient (Wildman–Crippen LogP) is 5.10. The van der Waals surface area contributed by atoms with Crippen LogP contribution in [0.4, 0.5) is 4.79 Å². The molecule has 0 radical (unpaired) electrons. The molecule has 0 aliphatic heterocycles. The van der Waals surface area contributed by atoms with Gasteiger partial charge in [-0.15, -0.1) is 0 Å². The summed E-state index contributed by atoms with van der Waals surface area (Å²) in [6, 6.07) is 9.01. The highest BCUT2D eigenvalue weighted by molar-refractivity contribution is 6.35. The summed E-state index contributed by atoms with van der Waals surface area (Å²) in [7, 11) is 1.47. The summed E-state index contributed by atoms with van der Waals surface area (Å²) < 4.78 is 16.3. The number of benzene rings is 2. The minimum atomic E-state index is -1.18. The molecule has 1 amide bonds. The van der Waals surface area contributed by atoms with Crippen molar-refractivity contribution >= 4 is 35.3 Å². The first-order chi connectivity index (χ1) is 14.5. The highest BCUT2D eigenvalue weighted by Gasteiger charge is 2.24. The highest BCUT2D eigenvalue weighted by atomic mass is 35.5. The van der Waals surface area contributed by atoms with Gasteiger partial charge < -0.3 is 24.6 Å². The van der Waals surface area contributed by atoms with Crippen molar-refractivity contribution < 1.29 is 28.9 Å². The van der Waals surface area contributed by atoms with E-state index in [0.29, 0.717) is 32.7 Å². The average molecular weight is 470 g/mol. The van der Waals surface area contributed by atoms with Gasteiger partial charge in [-0.1, -0.05) is 35.3 Å². The van der Waals surface area contributed by atoms with Gasteiger partial charge in [0, 0.05) is 22.0 Å². The van der Waals surface area contributed by atoms with Gasteiger partial charge in [-0.2, -0.15) is 0 Å². The maximum Gasteiger partial charge on any atom is 0.408 e. The molecule has 2 N–H and O–H groups in total. The van der Waals surface area contributed by atoms with Crippen molar-refractivity contribution in [3.63, 3.8) is 0 Å². The number of rotatable bonds is 8. The number of carbonyl (C=O) groups excluding carboxylic acids is 1. The van der Waals surface area contributed by atoms with E-state index in [1.165, 1.54) is 7.11 Å². The van der Waals surface area contributed by atoms with Crippen molar-refractivity contribution in [1.29, 1.82) is 0 Å². The third-order valence-corrected chi connectivity index (χ3v) is 4.80. The van der Waals surface area contributed by atoms with Crippen molar-refractivity contribution in [2.45, 2.75) is 45.4 Å². The minimum absolute atomic E-state index is 0.0293. The molecule has 0 spiro atoms. The predicted molar refractivity (Wildman–Crippen MR) is 118 cm³/mol. The molecule has 0 unspecified atom stereocenters. The fourth-order valence-corrected chi connectivity index (χ4v) is 3.17. The van der Waals surface area contributed by atoms with Gasteiger partial charge in [0.15, 0.2) is 11.5 Å². The zero-order valence-corrected chi connectivity index (χ0v) is 19.2. The first-order valence-electron chi connectivity index (χ1n) is 9.45. The molecule has 0 bridgehead atoms. The van der Waals surface area contributed by atoms with Crippen LogP contribution in [0.3, 0.4) is 0 Å². The van der Waals surface area contributed by atoms with E-state index in [0.717, 1.165) is 0 Å². The highest BCUT2D eigenvalue weighted by Crippen LogP contribution is 2.31. The Morgan fingerprint density at radius 3 is 2.29 bits per heavy atom. The number of hydrogen-bond donors (Lipinski definition) is 2. The number of aliphatic carboxylic acids is 1. The fourth-order valence-electron chi connectivity index (χ4n) is 2.66. The lowest BCUT2D eigenvalue weighted by molar-refractivity contribution is -0.139. The van der Waals surface area contributed by atoms with Crippen LogP contribution in [0.15, 0.2) is 36.4 Å². The Bertz CT molecular complexity index is 922. The summed E-state index contributed by atoms with van der Waals surface area (Å²) in [5, 5.41) is 12.8. The summed E-state index contributed by atoms with van der Waals surface area (Å²) in [5.41, 5.74) is 0.535. The molecule has 2 aromatic rings. The molecule has 0 aliphatic carbocycles. The second-order valence-corrected chi connectivity index (χ2v) is 8.53. The molecule has 0 aromatic heterocycles. The van der Waals surface area contributed by atoms with E-state index in [1.807, 2.05) is 0 Å². The minimum Gasteiger partial charge on any atom is -0.493 e. The number of alkyl carbamates (subject to hydrolysis) is 1. The number of halogens is 2. The van der Waals surface area contributed by atoms with Crippen LogP contribution in [-0.2, 0) is 22.6 Å². The van der Waals surface area contributed by atoms with Crippen molar-refractivity contribution in [3.05, 3.63) is 57.6 Å². The summed E-state index contributed by atoms with van der Waals surface area (Å²) in [6.07, 6.45) is -0.773. The van der Waals surface area contributed by atoms with Gasteiger partial charge in [0.25, 0.3) is 0 Å². The van der Waals surface area contributed by atoms with Gasteiger partial charge in [-0.05, 0) is 50.6 Å². The number of ether oxygens (including phenoxy) is 3. The average Bonchev–Trinajstić information content (AvgIpc) is 2.66. The molecule has 0 aliphatic rings. The first kappa shape index (κ1) is 24.6. The van der Waals surface area contributed by atoms with E-state index in [9.17, 15) is 14.7 Å². The van der Waals surface area contributed by atoms with Gasteiger partial charge in [0.05, 0.1) is 7.11 Å². The molecule has 0 saturated carbocycles. The van der Waals surface area contributed by atoms with E-state index in [2.05, 4.69) is 5.32 Å². The Labute approximate surface area is 191 Å². The van der Waals surface area contributed by atoms with Gasteiger partial charge in [0.1, 0.15) is 18.2 Å². The Hall–Kier alpha value is -2.64. The maximum absolute atomic E-state index is 12.0. The molecule has 0 fully saturated rings. The van der Waals surface area contributed by atoms with Gasteiger partial charge >= 0.3 is 12.1 Å². The van der Waals surface area contributed by atoms with Crippen LogP contribution >= 0.6 is 23.2 Å². The lowest BCUT2D eigenvalue weighted by Gasteiger charge is -2.22. The number of carboxylic acids is 1. The third kappa shape index (κ3) is 7.52. The number of carbonyl (C=O) groups is 2. The normalized spacial score (nSPS) is 12.1.